The Kier molecular flexibility index (Phi) is 4.70. The first kappa shape index (κ1) is 17.0. The minimum absolute atomic E-state index is 0.124. The van der Waals surface area contributed by atoms with Crippen LogP contribution in [0.1, 0.15) is 46.8 Å². The second-order valence-electron chi connectivity index (χ2n) is 6.53. The summed E-state index contributed by atoms with van der Waals surface area (Å²) in [5.74, 6) is -0.0918. The van der Waals surface area contributed by atoms with Crippen LogP contribution in [0.4, 0.5) is 10.6 Å². The lowest BCUT2D eigenvalue weighted by Gasteiger charge is -2.28. The summed E-state index contributed by atoms with van der Waals surface area (Å²) in [5, 5.41) is 11.8. The highest BCUT2D eigenvalue weighted by Gasteiger charge is 2.24. The molecule has 0 saturated heterocycles. The van der Waals surface area contributed by atoms with E-state index < -0.39 is 5.97 Å². The lowest BCUT2D eigenvalue weighted by atomic mass is 10.0. The highest BCUT2D eigenvalue weighted by molar-refractivity contribution is 5.93. The van der Waals surface area contributed by atoms with Gasteiger partial charge in [-0.05, 0) is 29.5 Å². The van der Waals surface area contributed by atoms with Gasteiger partial charge < -0.3 is 10.0 Å². The number of carbonyl (C=O) groups excluding carboxylic acids is 1. The van der Waals surface area contributed by atoms with Crippen molar-refractivity contribution in [1.82, 2.24) is 9.88 Å². The van der Waals surface area contributed by atoms with Crippen molar-refractivity contribution < 1.29 is 14.7 Å². The van der Waals surface area contributed by atoms with E-state index in [1.807, 2.05) is 0 Å². The van der Waals surface area contributed by atoms with Gasteiger partial charge in [0.25, 0.3) is 0 Å². The van der Waals surface area contributed by atoms with Gasteiger partial charge in [-0.1, -0.05) is 38.1 Å². The van der Waals surface area contributed by atoms with E-state index in [-0.39, 0.29) is 11.6 Å². The van der Waals surface area contributed by atoms with E-state index in [0.717, 1.165) is 12.0 Å². The predicted molar refractivity (Wildman–Crippen MR) is 94.9 cm³/mol. The zero-order chi connectivity index (χ0) is 18.0. The normalized spacial score (nSPS) is 13.6. The molecule has 2 amide bonds. The van der Waals surface area contributed by atoms with Crippen LogP contribution in [0.5, 0.6) is 0 Å². The molecule has 0 saturated carbocycles. The molecule has 0 bridgehead atoms. The lowest BCUT2D eigenvalue weighted by molar-refractivity contribution is 0.0696. The number of rotatable bonds is 5. The number of anilines is 1. The second-order valence-corrected chi connectivity index (χ2v) is 6.53. The van der Waals surface area contributed by atoms with Crippen molar-refractivity contribution in [2.75, 3.05) is 11.9 Å². The third-order valence-corrected chi connectivity index (χ3v) is 4.40. The Morgan fingerprint density at radius 3 is 2.68 bits per heavy atom. The number of hydrogen-bond acceptors (Lipinski definition) is 3. The third kappa shape index (κ3) is 3.79. The fraction of sp³-hybridized carbons (Fsp3) is 0.316. The van der Waals surface area contributed by atoms with Crippen LogP contribution in [0.3, 0.4) is 0 Å². The van der Waals surface area contributed by atoms with E-state index in [1.54, 1.807) is 11.0 Å². The van der Waals surface area contributed by atoms with E-state index in [9.17, 15) is 9.59 Å². The van der Waals surface area contributed by atoms with Crippen molar-refractivity contribution >= 4 is 17.8 Å². The minimum atomic E-state index is -1.02. The van der Waals surface area contributed by atoms with Crippen molar-refractivity contribution in [3.8, 4) is 0 Å². The maximum atomic E-state index is 12.2. The Balaban J connectivity index is 1.68. The summed E-state index contributed by atoms with van der Waals surface area (Å²) in [6.07, 6.45) is 2.00. The first-order valence-corrected chi connectivity index (χ1v) is 8.31. The zero-order valence-corrected chi connectivity index (χ0v) is 14.3. The summed E-state index contributed by atoms with van der Waals surface area (Å²) < 4.78 is 0. The Morgan fingerprint density at radius 2 is 2.04 bits per heavy atom. The van der Waals surface area contributed by atoms with Crippen LogP contribution in [0.25, 0.3) is 0 Å². The second kappa shape index (κ2) is 6.93. The summed E-state index contributed by atoms with van der Waals surface area (Å²) in [6.45, 7) is 5.23. The topological polar surface area (TPSA) is 82.5 Å². The SMILES string of the molecule is CC(C)c1ccc(CCN2Cc3cc(C(=O)O)cnc3NC2=O)cc1. The van der Waals surface area contributed by atoms with Crippen molar-refractivity contribution in [1.29, 1.82) is 0 Å². The molecule has 0 fully saturated rings. The van der Waals surface area contributed by atoms with E-state index in [2.05, 4.69) is 48.4 Å². The number of fused-ring (bicyclic) bond motifs is 1. The van der Waals surface area contributed by atoms with Crippen LogP contribution in [-0.2, 0) is 13.0 Å². The number of aromatic carboxylic acids is 1. The number of carbonyl (C=O) groups is 2. The third-order valence-electron chi connectivity index (χ3n) is 4.40. The molecule has 0 atom stereocenters. The maximum Gasteiger partial charge on any atom is 0.337 e. The van der Waals surface area contributed by atoms with E-state index >= 15 is 0 Å². The summed E-state index contributed by atoms with van der Waals surface area (Å²) in [6, 6.07) is 9.78. The molecule has 1 aromatic heterocycles. The molecular weight excluding hydrogens is 318 g/mol. The highest BCUT2D eigenvalue weighted by atomic mass is 16.4. The van der Waals surface area contributed by atoms with Gasteiger partial charge in [-0.25, -0.2) is 14.6 Å². The molecule has 0 aliphatic carbocycles. The Bertz CT molecular complexity index is 800. The Hall–Kier alpha value is -2.89. The van der Waals surface area contributed by atoms with Crippen LogP contribution in [0.2, 0.25) is 0 Å². The molecule has 3 rings (SSSR count). The number of pyridine rings is 1. The Labute approximate surface area is 146 Å². The molecule has 130 valence electrons. The van der Waals surface area contributed by atoms with E-state index in [1.165, 1.54) is 17.3 Å². The highest BCUT2D eigenvalue weighted by Crippen LogP contribution is 2.22. The van der Waals surface area contributed by atoms with Crippen LogP contribution in [0, 0.1) is 0 Å². The minimum Gasteiger partial charge on any atom is -0.478 e. The van der Waals surface area contributed by atoms with Gasteiger partial charge in [0, 0.05) is 18.3 Å². The number of hydrogen-bond donors (Lipinski definition) is 2. The number of benzene rings is 1. The molecule has 25 heavy (non-hydrogen) atoms. The summed E-state index contributed by atoms with van der Waals surface area (Å²) in [7, 11) is 0. The molecule has 1 aliphatic heterocycles. The van der Waals surface area contributed by atoms with Gasteiger partial charge in [0.05, 0.1) is 12.1 Å². The number of aromatic nitrogens is 1. The van der Waals surface area contributed by atoms with Crippen LogP contribution >= 0.6 is 0 Å². The van der Waals surface area contributed by atoms with Crippen molar-refractivity contribution in [2.24, 2.45) is 0 Å². The Morgan fingerprint density at radius 1 is 1.32 bits per heavy atom. The molecule has 2 aromatic rings. The van der Waals surface area contributed by atoms with E-state index in [4.69, 9.17) is 5.11 Å². The number of nitrogens with zero attached hydrogens (tertiary/aromatic N) is 2. The average Bonchev–Trinajstić information content (AvgIpc) is 2.59. The summed E-state index contributed by atoms with van der Waals surface area (Å²) in [5.41, 5.74) is 3.30. The van der Waals surface area contributed by atoms with Crippen LogP contribution in [0.15, 0.2) is 36.5 Å². The van der Waals surface area contributed by atoms with Gasteiger partial charge in [-0.15, -0.1) is 0 Å². The standard InChI is InChI=1S/C19H21N3O3/c1-12(2)14-5-3-13(4-6-14)7-8-22-11-16-9-15(18(23)24)10-20-17(16)21-19(22)25/h3-6,9-10,12H,7-8,11H2,1-2H3,(H,23,24)(H,20,21,25). The molecule has 2 heterocycles. The van der Waals surface area contributed by atoms with Crippen molar-refractivity contribution in [2.45, 2.75) is 32.7 Å². The number of carboxylic acid groups (broad SMARTS) is 1. The number of nitrogens with one attached hydrogen (secondary N) is 1. The molecule has 2 N–H and O–H groups in total. The summed E-state index contributed by atoms with van der Waals surface area (Å²) in [4.78, 5) is 29.0. The van der Waals surface area contributed by atoms with Crippen molar-refractivity contribution in [3.05, 3.63) is 58.8 Å². The van der Waals surface area contributed by atoms with Gasteiger partial charge in [0.1, 0.15) is 5.82 Å². The van der Waals surface area contributed by atoms with E-state index in [0.29, 0.717) is 24.8 Å². The van der Waals surface area contributed by atoms with Crippen molar-refractivity contribution in [3.63, 3.8) is 0 Å². The number of carboxylic acids is 1. The molecule has 1 aliphatic rings. The van der Waals surface area contributed by atoms with Gasteiger partial charge >= 0.3 is 12.0 Å². The fourth-order valence-corrected chi connectivity index (χ4v) is 2.83. The summed E-state index contributed by atoms with van der Waals surface area (Å²) >= 11 is 0. The monoisotopic (exact) mass is 339 g/mol. The molecule has 6 heteroatoms. The van der Waals surface area contributed by atoms with Gasteiger partial charge in [-0.3, -0.25) is 5.32 Å². The first-order valence-electron chi connectivity index (χ1n) is 8.31. The zero-order valence-electron chi connectivity index (χ0n) is 14.3. The average molecular weight is 339 g/mol. The fourth-order valence-electron chi connectivity index (χ4n) is 2.83. The van der Waals surface area contributed by atoms with Gasteiger partial charge in [-0.2, -0.15) is 0 Å². The molecule has 0 radical (unpaired) electrons. The van der Waals surface area contributed by atoms with Crippen LogP contribution < -0.4 is 5.32 Å². The van der Waals surface area contributed by atoms with Gasteiger partial charge in [0.2, 0.25) is 0 Å². The number of urea groups is 1. The first-order chi connectivity index (χ1) is 11.9. The molecule has 6 nitrogen and oxygen atoms in total. The lowest BCUT2D eigenvalue weighted by Crippen LogP contribution is -2.40. The van der Waals surface area contributed by atoms with Gasteiger partial charge in [0.15, 0.2) is 0 Å². The smallest absolute Gasteiger partial charge is 0.337 e. The predicted octanol–water partition coefficient (Wildman–Crippen LogP) is 3.49. The largest absolute Gasteiger partial charge is 0.478 e. The molecule has 1 aromatic carbocycles. The molecule has 0 unspecified atom stereocenters. The quantitative estimate of drug-likeness (QED) is 0.873. The molecule has 0 spiro atoms. The molecular formula is C19H21N3O3. The van der Waals surface area contributed by atoms with Crippen LogP contribution in [-0.4, -0.2) is 33.5 Å². The number of amides is 2. The maximum absolute atomic E-state index is 12.2.